The molecule has 0 aromatic heterocycles. The van der Waals surface area contributed by atoms with Gasteiger partial charge in [-0.05, 0) is 42.7 Å². The molecule has 7 rings (SSSR count). The van der Waals surface area contributed by atoms with Crippen molar-refractivity contribution in [2.75, 3.05) is 6.61 Å². The van der Waals surface area contributed by atoms with E-state index in [0.717, 1.165) is 6.92 Å². The van der Waals surface area contributed by atoms with Gasteiger partial charge in [0.25, 0.3) is 5.91 Å². The van der Waals surface area contributed by atoms with Crippen molar-refractivity contribution in [1.29, 1.82) is 0 Å². The van der Waals surface area contributed by atoms with E-state index in [1.807, 2.05) is 0 Å². The highest BCUT2D eigenvalue weighted by Crippen LogP contribution is 2.66. The van der Waals surface area contributed by atoms with E-state index in [9.17, 15) is 39.3 Å². The van der Waals surface area contributed by atoms with Crippen molar-refractivity contribution in [1.82, 2.24) is 5.32 Å². The van der Waals surface area contributed by atoms with Crippen molar-refractivity contribution < 1.29 is 63.0 Å². The van der Waals surface area contributed by atoms with Crippen molar-refractivity contribution in [2.45, 2.75) is 109 Å². The van der Waals surface area contributed by atoms with Crippen molar-refractivity contribution in [2.24, 2.45) is 22.7 Å². The van der Waals surface area contributed by atoms with Gasteiger partial charge in [0.2, 0.25) is 0 Å². The Labute approximate surface area is 359 Å². The van der Waals surface area contributed by atoms with E-state index in [1.165, 1.54) is 13.8 Å². The second-order valence-corrected chi connectivity index (χ2v) is 17.8. The zero-order chi connectivity index (χ0) is 44.9. The third kappa shape index (κ3) is 7.36. The van der Waals surface area contributed by atoms with Crippen molar-refractivity contribution in [3.8, 4) is 0 Å². The molecule has 4 N–H and O–H groups in total. The zero-order valence-electron chi connectivity index (χ0n) is 35.5. The van der Waals surface area contributed by atoms with Crippen molar-refractivity contribution >= 4 is 35.4 Å². The Kier molecular flexibility index (Phi) is 11.9. The number of hydrogen-bond donors (Lipinski definition) is 4. The Bertz CT molecular complexity index is 2280. The zero-order valence-corrected chi connectivity index (χ0v) is 35.5. The summed E-state index contributed by atoms with van der Waals surface area (Å²) in [5.74, 6) is -7.22. The third-order valence-electron chi connectivity index (χ3n) is 14.0. The molecule has 4 aliphatic rings. The van der Waals surface area contributed by atoms with E-state index in [4.69, 9.17) is 18.9 Å². The van der Waals surface area contributed by atoms with E-state index in [1.54, 1.807) is 112 Å². The third-order valence-corrected chi connectivity index (χ3v) is 14.0. The molecule has 11 atom stereocenters. The fourth-order valence-electron chi connectivity index (χ4n) is 10.8. The minimum atomic E-state index is -2.17. The van der Waals surface area contributed by atoms with Crippen LogP contribution in [0.4, 0.5) is 0 Å². The predicted octanol–water partition coefficient (Wildman–Crippen LogP) is 4.40. The van der Waals surface area contributed by atoms with E-state index < -0.39 is 119 Å². The summed E-state index contributed by atoms with van der Waals surface area (Å²) in [6.07, 6.45) is -8.61. The maximum atomic E-state index is 15.5. The standard InChI is InChI=1S/C48H53NO13/c1-26-34(61-44(57)39(54)38(30-18-12-8-13-19-30)49-43(56)31-20-14-9-15-21-31)24-48(58)32(22-33(52)29-16-10-7-11-17-29)41-46(6,35(53)23-36-47(41,25-59-36)62-28(3)51)42(55)40(60-27(2)50)37(26)45(48,4)5/h7-21,32,34-36,38-41,53-54,58H,22-25H2,1-6H3,(H,49,56)/t32?,34-,35-,36+,38?,39?,40+,41-,46+,47-,48+/m0/s1. The van der Waals surface area contributed by atoms with Gasteiger partial charge in [-0.15, -0.1) is 0 Å². The fraction of sp³-hybridized carbons (Fsp3) is 0.458. The van der Waals surface area contributed by atoms with Crippen LogP contribution < -0.4 is 5.32 Å². The molecule has 14 nitrogen and oxygen atoms in total. The molecule has 0 radical (unpaired) electrons. The Morgan fingerprint density at radius 2 is 1.44 bits per heavy atom. The highest BCUT2D eigenvalue weighted by Gasteiger charge is 2.77. The van der Waals surface area contributed by atoms with Gasteiger partial charge in [0.15, 0.2) is 29.4 Å². The molecule has 1 saturated heterocycles. The Morgan fingerprint density at radius 1 is 0.855 bits per heavy atom. The predicted molar refractivity (Wildman–Crippen MR) is 221 cm³/mol. The van der Waals surface area contributed by atoms with E-state index in [0.29, 0.717) is 11.1 Å². The number of aliphatic hydroxyl groups is 3. The van der Waals surface area contributed by atoms with Gasteiger partial charge >= 0.3 is 17.9 Å². The quantitative estimate of drug-likeness (QED) is 0.0914. The molecule has 3 unspecified atom stereocenters. The molecule has 2 saturated carbocycles. The van der Waals surface area contributed by atoms with Crippen LogP contribution in [-0.2, 0) is 38.1 Å². The van der Waals surface area contributed by atoms with Crippen LogP contribution >= 0.6 is 0 Å². The lowest BCUT2D eigenvalue weighted by molar-refractivity contribution is -0.339. The van der Waals surface area contributed by atoms with Crippen LogP contribution in [0.25, 0.3) is 0 Å². The number of ketones is 2. The monoisotopic (exact) mass is 851 g/mol. The van der Waals surface area contributed by atoms with Crippen LogP contribution in [0.1, 0.15) is 93.1 Å². The molecule has 1 amide bonds. The molecule has 1 aliphatic heterocycles. The second kappa shape index (κ2) is 16.6. The molecule has 3 aromatic rings. The Hall–Kier alpha value is -5.54. The fourth-order valence-corrected chi connectivity index (χ4v) is 10.8. The minimum Gasteiger partial charge on any atom is -0.456 e. The van der Waals surface area contributed by atoms with Gasteiger partial charge in [0, 0.05) is 61.5 Å². The first-order chi connectivity index (χ1) is 29.3. The van der Waals surface area contributed by atoms with E-state index in [2.05, 4.69) is 5.32 Å². The topological polar surface area (TPSA) is 212 Å². The smallest absolute Gasteiger partial charge is 0.338 e. The highest BCUT2D eigenvalue weighted by atomic mass is 16.6. The Balaban J connectivity index is 1.39. The van der Waals surface area contributed by atoms with Crippen molar-refractivity contribution in [3.63, 3.8) is 0 Å². The van der Waals surface area contributed by atoms with Gasteiger partial charge < -0.3 is 39.6 Å². The minimum absolute atomic E-state index is 0.0771. The number of carbonyl (C=O) groups is 6. The lowest BCUT2D eigenvalue weighted by Gasteiger charge is -2.68. The first kappa shape index (κ1) is 44.5. The highest BCUT2D eigenvalue weighted by molar-refractivity contribution is 5.98. The average molecular weight is 852 g/mol. The van der Waals surface area contributed by atoms with Gasteiger partial charge in [-0.2, -0.15) is 0 Å². The number of aliphatic hydroxyl groups excluding tert-OH is 2. The largest absolute Gasteiger partial charge is 0.456 e. The molecule has 2 bridgehead atoms. The number of hydrogen-bond acceptors (Lipinski definition) is 13. The van der Waals surface area contributed by atoms with Crippen molar-refractivity contribution in [3.05, 3.63) is 119 Å². The number of amides is 1. The summed E-state index contributed by atoms with van der Waals surface area (Å²) in [7, 11) is 0. The maximum absolute atomic E-state index is 15.5. The van der Waals surface area contributed by atoms with E-state index in [-0.39, 0.29) is 29.7 Å². The second-order valence-electron chi connectivity index (χ2n) is 17.8. The van der Waals surface area contributed by atoms with Gasteiger partial charge in [-0.3, -0.25) is 24.0 Å². The molecule has 3 aromatic carbocycles. The lowest BCUT2D eigenvalue weighted by atomic mass is 9.42. The molecule has 3 fully saturated rings. The molecular formula is C48H53NO13. The first-order valence-electron chi connectivity index (χ1n) is 20.8. The summed E-state index contributed by atoms with van der Waals surface area (Å²) >= 11 is 0. The van der Waals surface area contributed by atoms with E-state index >= 15 is 4.79 Å². The SMILES string of the molecule is CC(=O)O[C@H]1C(=O)[C@@]2(C)[C@H](C(CC(=O)c3ccccc3)[C@]3(O)C[C@H](OC(=O)C(O)C(NC(=O)c4ccccc4)c4ccccc4)C(C)=C1C3(C)C)[C@]1(OC(C)=O)CO[C@@H]1C[C@@H]2O. The summed E-state index contributed by atoms with van der Waals surface area (Å²) in [6, 6.07) is 23.6. The molecule has 0 spiro atoms. The first-order valence-corrected chi connectivity index (χ1v) is 20.8. The van der Waals surface area contributed by atoms with Crippen LogP contribution in [0.5, 0.6) is 0 Å². The molecule has 328 valence electrons. The lowest BCUT2D eigenvalue weighted by Crippen LogP contribution is -2.80. The van der Waals surface area contributed by atoms with Gasteiger partial charge in [-0.1, -0.05) is 92.7 Å². The number of carbonyl (C=O) groups excluding carboxylic acids is 6. The summed E-state index contributed by atoms with van der Waals surface area (Å²) in [4.78, 5) is 83.8. The normalized spacial score (nSPS) is 31.9. The number of ether oxygens (including phenoxy) is 4. The summed E-state index contributed by atoms with van der Waals surface area (Å²) in [6.45, 7) is 8.40. The molecule has 62 heavy (non-hydrogen) atoms. The van der Waals surface area contributed by atoms with Gasteiger partial charge in [-0.25, -0.2) is 4.79 Å². The van der Waals surface area contributed by atoms with Crippen LogP contribution in [0.15, 0.2) is 102 Å². The summed E-state index contributed by atoms with van der Waals surface area (Å²) < 4.78 is 24.1. The summed E-state index contributed by atoms with van der Waals surface area (Å²) in [5, 5.41) is 40.5. The number of Topliss-reactive ketones (excluding diaryl/α,β-unsaturated/α-hetero) is 2. The summed E-state index contributed by atoms with van der Waals surface area (Å²) in [5.41, 5.74) is -6.03. The number of fused-ring (bicyclic) bond motifs is 5. The van der Waals surface area contributed by atoms with Crippen LogP contribution in [0.2, 0.25) is 0 Å². The van der Waals surface area contributed by atoms with Gasteiger partial charge in [0.1, 0.15) is 12.2 Å². The number of nitrogens with one attached hydrogen (secondary N) is 1. The van der Waals surface area contributed by atoms with Crippen LogP contribution in [-0.4, -0.2) is 99.0 Å². The Morgan fingerprint density at radius 3 is 1.98 bits per heavy atom. The van der Waals surface area contributed by atoms with Gasteiger partial charge in [0.05, 0.1) is 29.8 Å². The molecule has 3 aliphatic carbocycles. The molecule has 1 heterocycles. The number of esters is 3. The molecule has 14 heteroatoms. The maximum Gasteiger partial charge on any atom is 0.338 e. The number of benzene rings is 3. The van der Waals surface area contributed by atoms with Crippen LogP contribution in [0, 0.1) is 22.7 Å². The average Bonchev–Trinajstić information content (AvgIpc) is 3.24. The number of rotatable bonds is 11. The van der Waals surface area contributed by atoms with Crippen LogP contribution in [0.3, 0.4) is 0 Å². The molecular weight excluding hydrogens is 799 g/mol.